The number of ether oxygens (including phenoxy) is 2. The van der Waals surface area contributed by atoms with Crippen molar-refractivity contribution in [2.24, 2.45) is 0 Å². The van der Waals surface area contributed by atoms with Gasteiger partial charge in [0.1, 0.15) is 11.6 Å². The molecule has 0 radical (unpaired) electrons. The van der Waals surface area contributed by atoms with Crippen molar-refractivity contribution in [2.45, 2.75) is 6.92 Å². The first-order valence-corrected chi connectivity index (χ1v) is 5.22. The molecule has 2 rings (SSSR count). The van der Waals surface area contributed by atoms with E-state index < -0.39 is 5.97 Å². The van der Waals surface area contributed by atoms with E-state index in [9.17, 15) is 9.18 Å². The maximum atomic E-state index is 12.7. The third-order valence-corrected chi connectivity index (χ3v) is 2.02. The van der Waals surface area contributed by atoms with E-state index in [1.807, 2.05) is 0 Å². The first kappa shape index (κ1) is 12.0. The van der Waals surface area contributed by atoms with Crippen LogP contribution in [0.4, 0.5) is 4.39 Å². The summed E-state index contributed by atoms with van der Waals surface area (Å²) in [6.45, 7) is 1.29. The molecule has 1 aromatic carbocycles. The van der Waals surface area contributed by atoms with Crippen LogP contribution in [0.1, 0.15) is 6.92 Å². The maximum absolute atomic E-state index is 12.7. The number of pyridine rings is 1. The van der Waals surface area contributed by atoms with Crippen LogP contribution in [-0.2, 0) is 4.79 Å². The second-order valence-electron chi connectivity index (χ2n) is 3.46. The number of esters is 1. The molecule has 0 aliphatic rings. The molecule has 2 aromatic rings. The second kappa shape index (κ2) is 5.27. The fourth-order valence-electron chi connectivity index (χ4n) is 1.30. The first-order valence-electron chi connectivity index (χ1n) is 5.22. The van der Waals surface area contributed by atoms with Gasteiger partial charge in [-0.05, 0) is 36.4 Å². The standard InChI is InChI=1S/C13H10FNO3/c1-9(16)17-12-3-2-8-15-13(12)18-11-6-4-10(14)5-7-11/h2-8H,1H3. The molecule has 0 unspecified atom stereocenters. The molecular formula is C13H10FNO3. The molecule has 1 aromatic heterocycles. The van der Waals surface area contributed by atoms with Crippen LogP contribution < -0.4 is 9.47 Å². The van der Waals surface area contributed by atoms with Gasteiger partial charge in [0.05, 0.1) is 0 Å². The summed E-state index contributed by atoms with van der Waals surface area (Å²) >= 11 is 0. The molecule has 0 bridgehead atoms. The van der Waals surface area contributed by atoms with Gasteiger partial charge in [0, 0.05) is 13.1 Å². The number of nitrogens with zero attached hydrogens (tertiary/aromatic N) is 1. The Labute approximate surface area is 103 Å². The molecule has 0 saturated carbocycles. The minimum absolute atomic E-state index is 0.152. The lowest BCUT2D eigenvalue weighted by Crippen LogP contribution is -2.03. The number of hydrogen-bond donors (Lipinski definition) is 0. The number of benzene rings is 1. The summed E-state index contributed by atoms with van der Waals surface area (Å²) in [6, 6.07) is 8.64. The van der Waals surface area contributed by atoms with Crippen molar-refractivity contribution >= 4 is 5.97 Å². The molecule has 92 valence electrons. The summed E-state index contributed by atoms with van der Waals surface area (Å²) in [7, 11) is 0. The number of rotatable bonds is 3. The smallest absolute Gasteiger partial charge is 0.308 e. The van der Waals surface area contributed by atoms with Gasteiger partial charge >= 0.3 is 5.97 Å². The zero-order chi connectivity index (χ0) is 13.0. The number of carbonyl (C=O) groups excluding carboxylic acids is 1. The molecule has 1 heterocycles. The van der Waals surface area contributed by atoms with Crippen LogP contribution in [0.25, 0.3) is 0 Å². The maximum Gasteiger partial charge on any atom is 0.308 e. The molecule has 0 atom stereocenters. The van der Waals surface area contributed by atoms with E-state index in [1.165, 1.54) is 37.4 Å². The third-order valence-electron chi connectivity index (χ3n) is 2.02. The molecule has 0 N–H and O–H groups in total. The highest BCUT2D eigenvalue weighted by atomic mass is 19.1. The van der Waals surface area contributed by atoms with Crippen molar-refractivity contribution in [3.8, 4) is 17.4 Å². The molecular weight excluding hydrogens is 237 g/mol. The summed E-state index contributed by atoms with van der Waals surface area (Å²) in [5.41, 5.74) is 0. The van der Waals surface area contributed by atoms with Gasteiger partial charge < -0.3 is 9.47 Å². The highest BCUT2D eigenvalue weighted by Gasteiger charge is 2.09. The Balaban J connectivity index is 2.23. The van der Waals surface area contributed by atoms with Crippen LogP contribution in [-0.4, -0.2) is 11.0 Å². The monoisotopic (exact) mass is 247 g/mol. The molecule has 0 saturated heterocycles. The van der Waals surface area contributed by atoms with E-state index in [4.69, 9.17) is 9.47 Å². The van der Waals surface area contributed by atoms with Gasteiger partial charge in [0.25, 0.3) is 5.88 Å². The molecule has 5 heteroatoms. The van der Waals surface area contributed by atoms with Gasteiger partial charge in [-0.3, -0.25) is 4.79 Å². The van der Waals surface area contributed by atoms with Crippen LogP contribution >= 0.6 is 0 Å². The lowest BCUT2D eigenvalue weighted by atomic mass is 10.3. The van der Waals surface area contributed by atoms with E-state index >= 15 is 0 Å². The summed E-state index contributed by atoms with van der Waals surface area (Å²) in [4.78, 5) is 14.9. The van der Waals surface area contributed by atoms with E-state index in [2.05, 4.69) is 4.98 Å². The van der Waals surface area contributed by atoms with Crippen LogP contribution in [0.2, 0.25) is 0 Å². The van der Waals surface area contributed by atoms with Gasteiger partial charge in [0.2, 0.25) is 0 Å². The van der Waals surface area contributed by atoms with E-state index in [0.29, 0.717) is 5.75 Å². The zero-order valence-corrected chi connectivity index (χ0v) is 9.59. The van der Waals surface area contributed by atoms with Crippen molar-refractivity contribution in [3.63, 3.8) is 0 Å². The van der Waals surface area contributed by atoms with Gasteiger partial charge in [-0.15, -0.1) is 0 Å². The Morgan fingerprint density at radius 3 is 2.61 bits per heavy atom. The fourth-order valence-corrected chi connectivity index (χ4v) is 1.30. The Morgan fingerprint density at radius 2 is 1.94 bits per heavy atom. The third kappa shape index (κ3) is 3.04. The molecule has 0 aliphatic carbocycles. The largest absolute Gasteiger partial charge is 0.436 e. The van der Waals surface area contributed by atoms with E-state index in [0.717, 1.165) is 0 Å². The van der Waals surface area contributed by atoms with Crippen molar-refractivity contribution in [1.82, 2.24) is 4.98 Å². The van der Waals surface area contributed by atoms with Gasteiger partial charge in [-0.25, -0.2) is 9.37 Å². The normalized spacial score (nSPS) is 9.89. The van der Waals surface area contributed by atoms with E-state index in [1.54, 1.807) is 12.1 Å². The van der Waals surface area contributed by atoms with Gasteiger partial charge in [0.15, 0.2) is 5.75 Å². The molecule has 0 fully saturated rings. The number of halogens is 1. The van der Waals surface area contributed by atoms with Crippen molar-refractivity contribution in [1.29, 1.82) is 0 Å². The van der Waals surface area contributed by atoms with Crippen LogP contribution in [0.5, 0.6) is 17.4 Å². The minimum Gasteiger partial charge on any atom is -0.436 e. The predicted octanol–water partition coefficient (Wildman–Crippen LogP) is 2.94. The SMILES string of the molecule is CC(=O)Oc1cccnc1Oc1ccc(F)cc1. The van der Waals surface area contributed by atoms with E-state index in [-0.39, 0.29) is 17.4 Å². The van der Waals surface area contributed by atoms with Gasteiger partial charge in [-0.2, -0.15) is 0 Å². The Morgan fingerprint density at radius 1 is 1.22 bits per heavy atom. The summed E-state index contributed by atoms with van der Waals surface area (Å²) in [5.74, 6) is -0.0485. The minimum atomic E-state index is -0.466. The summed E-state index contributed by atoms with van der Waals surface area (Å²) in [5, 5.41) is 0. The van der Waals surface area contributed by atoms with Crippen molar-refractivity contribution in [2.75, 3.05) is 0 Å². The van der Waals surface area contributed by atoms with Crippen LogP contribution in [0.15, 0.2) is 42.6 Å². The number of carbonyl (C=O) groups is 1. The Kier molecular flexibility index (Phi) is 3.52. The molecule has 0 spiro atoms. The van der Waals surface area contributed by atoms with Crippen LogP contribution in [0, 0.1) is 5.82 Å². The first-order chi connectivity index (χ1) is 8.65. The summed E-state index contributed by atoms with van der Waals surface area (Å²) < 4.78 is 23.1. The Hall–Kier alpha value is -2.43. The number of aromatic nitrogens is 1. The Bertz CT molecular complexity index is 554. The molecule has 18 heavy (non-hydrogen) atoms. The number of hydrogen-bond acceptors (Lipinski definition) is 4. The molecule has 0 amide bonds. The lowest BCUT2D eigenvalue weighted by molar-refractivity contribution is -0.132. The lowest BCUT2D eigenvalue weighted by Gasteiger charge is -2.08. The van der Waals surface area contributed by atoms with Crippen molar-refractivity contribution < 1.29 is 18.7 Å². The summed E-state index contributed by atoms with van der Waals surface area (Å²) in [6.07, 6.45) is 1.51. The molecule has 4 nitrogen and oxygen atoms in total. The average Bonchev–Trinajstić information content (AvgIpc) is 2.34. The highest BCUT2D eigenvalue weighted by molar-refractivity contribution is 5.70. The predicted molar refractivity (Wildman–Crippen MR) is 62.0 cm³/mol. The highest BCUT2D eigenvalue weighted by Crippen LogP contribution is 2.28. The fraction of sp³-hybridized carbons (Fsp3) is 0.0769. The zero-order valence-electron chi connectivity index (χ0n) is 9.59. The second-order valence-corrected chi connectivity index (χ2v) is 3.46. The molecule has 0 aliphatic heterocycles. The van der Waals surface area contributed by atoms with Crippen molar-refractivity contribution in [3.05, 3.63) is 48.4 Å². The quantitative estimate of drug-likeness (QED) is 0.782. The average molecular weight is 247 g/mol. The van der Waals surface area contributed by atoms with Crippen LogP contribution in [0.3, 0.4) is 0 Å². The van der Waals surface area contributed by atoms with Gasteiger partial charge in [-0.1, -0.05) is 0 Å². The topological polar surface area (TPSA) is 48.4 Å².